The van der Waals surface area contributed by atoms with E-state index in [-0.39, 0.29) is 43.8 Å². The van der Waals surface area contributed by atoms with Crippen LogP contribution in [0.5, 0.6) is 0 Å². The summed E-state index contributed by atoms with van der Waals surface area (Å²) in [6, 6.07) is 4.19. The number of aryl methyl sites for hydroxylation is 1. The quantitative estimate of drug-likeness (QED) is 0.501. The minimum atomic E-state index is -0.405. The molecule has 0 unspecified atom stereocenters. The number of ether oxygens (including phenoxy) is 2. The van der Waals surface area contributed by atoms with Crippen molar-refractivity contribution in [2.45, 2.75) is 45.2 Å². The topological polar surface area (TPSA) is 81.1 Å². The molecular formula is C20H31N3O5. The summed E-state index contributed by atoms with van der Waals surface area (Å²) < 4.78 is 11.9. The highest BCUT2D eigenvalue weighted by Crippen LogP contribution is 2.28. The molecule has 1 aliphatic rings. The van der Waals surface area contributed by atoms with Gasteiger partial charge in [0.05, 0.1) is 32.7 Å². The van der Waals surface area contributed by atoms with E-state index in [0.717, 1.165) is 18.5 Å². The van der Waals surface area contributed by atoms with Crippen LogP contribution in [0.25, 0.3) is 0 Å². The first kappa shape index (κ1) is 21.9. The van der Waals surface area contributed by atoms with Crippen LogP contribution in [0.3, 0.4) is 0 Å². The second-order valence-corrected chi connectivity index (χ2v) is 6.98. The predicted octanol–water partition coefficient (Wildman–Crippen LogP) is 1.33. The monoisotopic (exact) mass is 393 g/mol. The molecule has 28 heavy (non-hydrogen) atoms. The van der Waals surface area contributed by atoms with Crippen LogP contribution < -0.4 is 0 Å². The lowest BCUT2D eigenvalue weighted by Crippen LogP contribution is -2.45. The van der Waals surface area contributed by atoms with Crippen LogP contribution in [-0.4, -0.2) is 71.6 Å². The summed E-state index contributed by atoms with van der Waals surface area (Å²) in [5, 5.41) is 0. The van der Waals surface area contributed by atoms with Gasteiger partial charge in [0, 0.05) is 45.1 Å². The number of nitrogens with zero attached hydrogens (tertiary/aromatic N) is 3. The Morgan fingerprint density at radius 2 is 1.96 bits per heavy atom. The summed E-state index contributed by atoms with van der Waals surface area (Å²) in [6.45, 7) is 3.18. The zero-order valence-electron chi connectivity index (χ0n) is 17.1. The summed E-state index contributed by atoms with van der Waals surface area (Å²) in [5.74, 6) is -0.727. The van der Waals surface area contributed by atoms with Crippen molar-refractivity contribution in [3.63, 3.8) is 0 Å². The van der Waals surface area contributed by atoms with Crippen molar-refractivity contribution in [2.75, 3.05) is 33.4 Å². The Kier molecular flexibility index (Phi) is 8.50. The van der Waals surface area contributed by atoms with Crippen LogP contribution in [-0.2, 0) is 37.4 Å². The average Bonchev–Trinajstić information content (AvgIpc) is 3.43. The maximum absolute atomic E-state index is 13.0. The van der Waals surface area contributed by atoms with Gasteiger partial charge in [0.15, 0.2) is 0 Å². The molecule has 2 amide bonds. The van der Waals surface area contributed by atoms with E-state index in [1.807, 2.05) is 34.8 Å². The molecule has 1 fully saturated rings. The molecule has 2 rings (SSSR count). The summed E-state index contributed by atoms with van der Waals surface area (Å²) in [6.07, 6.45) is 3.97. The van der Waals surface area contributed by atoms with Crippen molar-refractivity contribution in [1.29, 1.82) is 0 Å². The minimum absolute atomic E-state index is 0.00799. The van der Waals surface area contributed by atoms with Crippen molar-refractivity contribution < 1.29 is 23.9 Å². The van der Waals surface area contributed by atoms with Gasteiger partial charge >= 0.3 is 5.97 Å². The molecule has 0 atom stereocenters. The van der Waals surface area contributed by atoms with E-state index in [0.29, 0.717) is 19.7 Å². The second-order valence-electron chi connectivity index (χ2n) is 6.98. The number of carbonyl (C=O) groups excluding carboxylic acids is 3. The van der Waals surface area contributed by atoms with Gasteiger partial charge in [-0.15, -0.1) is 0 Å². The first-order valence-electron chi connectivity index (χ1n) is 9.78. The van der Waals surface area contributed by atoms with Crippen LogP contribution in [0.4, 0.5) is 0 Å². The molecule has 0 N–H and O–H groups in total. The van der Waals surface area contributed by atoms with E-state index in [2.05, 4.69) is 0 Å². The summed E-state index contributed by atoms with van der Waals surface area (Å²) >= 11 is 0. The number of hydrogen-bond acceptors (Lipinski definition) is 5. The van der Waals surface area contributed by atoms with E-state index in [1.165, 1.54) is 4.90 Å². The largest absolute Gasteiger partial charge is 0.466 e. The fraction of sp³-hybridized carbons (Fsp3) is 0.650. The third-order valence-electron chi connectivity index (χ3n) is 4.78. The molecule has 1 aromatic rings. The number of aromatic nitrogens is 1. The van der Waals surface area contributed by atoms with E-state index in [4.69, 9.17) is 9.47 Å². The fourth-order valence-corrected chi connectivity index (χ4v) is 2.99. The second kappa shape index (κ2) is 10.8. The summed E-state index contributed by atoms with van der Waals surface area (Å²) in [7, 11) is 3.50. The first-order chi connectivity index (χ1) is 13.5. The van der Waals surface area contributed by atoms with Gasteiger partial charge in [-0.25, -0.2) is 0 Å². The van der Waals surface area contributed by atoms with Gasteiger partial charge in [0.1, 0.15) is 0 Å². The average molecular weight is 393 g/mol. The van der Waals surface area contributed by atoms with E-state index in [9.17, 15) is 14.4 Å². The Bertz CT molecular complexity index is 669. The predicted molar refractivity (Wildman–Crippen MR) is 103 cm³/mol. The van der Waals surface area contributed by atoms with Gasteiger partial charge in [0.2, 0.25) is 11.8 Å². The number of hydrogen-bond donors (Lipinski definition) is 0. The molecule has 1 saturated carbocycles. The molecule has 156 valence electrons. The standard InChI is InChI=1S/C20H31N3O5/c1-4-28-20(26)10-9-18(24)22(12-13-27-3)15-19(25)23(16-7-8-16)14-17-6-5-11-21(17)2/h5-6,11,16H,4,7-10,12-15H2,1-3H3. The lowest BCUT2D eigenvalue weighted by Gasteiger charge is -2.28. The van der Waals surface area contributed by atoms with Crippen molar-refractivity contribution in [3.05, 3.63) is 24.0 Å². The van der Waals surface area contributed by atoms with Crippen LogP contribution in [0.1, 0.15) is 38.3 Å². The molecule has 8 nitrogen and oxygen atoms in total. The minimum Gasteiger partial charge on any atom is -0.466 e. The number of rotatable bonds is 12. The Balaban J connectivity index is 1.98. The number of carbonyl (C=O) groups is 3. The Morgan fingerprint density at radius 1 is 1.21 bits per heavy atom. The SMILES string of the molecule is CCOC(=O)CCC(=O)N(CCOC)CC(=O)N(Cc1cccn1C)C1CC1. The number of amides is 2. The van der Waals surface area contributed by atoms with Crippen molar-refractivity contribution in [2.24, 2.45) is 7.05 Å². The van der Waals surface area contributed by atoms with Crippen LogP contribution in [0.15, 0.2) is 18.3 Å². The maximum Gasteiger partial charge on any atom is 0.306 e. The molecule has 1 heterocycles. The molecule has 0 aliphatic heterocycles. The molecule has 0 bridgehead atoms. The van der Waals surface area contributed by atoms with E-state index < -0.39 is 5.97 Å². The van der Waals surface area contributed by atoms with Crippen molar-refractivity contribution in [1.82, 2.24) is 14.4 Å². The molecule has 1 aliphatic carbocycles. The third kappa shape index (κ3) is 6.67. The van der Waals surface area contributed by atoms with Crippen LogP contribution >= 0.6 is 0 Å². The molecule has 0 spiro atoms. The summed E-state index contributed by atoms with van der Waals surface area (Å²) in [5.41, 5.74) is 1.05. The Hall–Kier alpha value is -2.35. The van der Waals surface area contributed by atoms with Gasteiger partial charge < -0.3 is 23.8 Å². The molecular weight excluding hydrogens is 362 g/mol. The Labute approximate surface area is 166 Å². The van der Waals surface area contributed by atoms with Crippen molar-refractivity contribution >= 4 is 17.8 Å². The van der Waals surface area contributed by atoms with Gasteiger partial charge in [-0.05, 0) is 31.9 Å². The molecule has 1 aromatic heterocycles. The smallest absolute Gasteiger partial charge is 0.306 e. The van der Waals surface area contributed by atoms with Crippen LogP contribution in [0, 0.1) is 0 Å². The number of esters is 1. The highest BCUT2D eigenvalue weighted by molar-refractivity contribution is 5.86. The number of methoxy groups -OCH3 is 1. The molecule has 0 saturated heterocycles. The lowest BCUT2D eigenvalue weighted by atomic mass is 10.2. The highest BCUT2D eigenvalue weighted by Gasteiger charge is 2.34. The molecule has 0 radical (unpaired) electrons. The van der Waals surface area contributed by atoms with Gasteiger partial charge in [0.25, 0.3) is 0 Å². The normalized spacial score (nSPS) is 13.2. The van der Waals surface area contributed by atoms with Crippen molar-refractivity contribution in [3.8, 4) is 0 Å². The maximum atomic E-state index is 13.0. The van der Waals surface area contributed by atoms with Gasteiger partial charge in [-0.3, -0.25) is 14.4 Å². The zero-order valence-corrected chi connectivity index (χ0v) is 17.1. The van der Waals surface area contributed by atoms with Gasteiger partial charge in [-0.2, -0.15) is 0 Å². The third-order valence-corrected chi connectivity index (χ3v) is 4.78. The van der Waals surface area contributed by atoms with E-state index in [1.54, 1.807) is 14.0 Å². The van der Waals surface area contributed by atoms with E-state index >= 15 is 0 Å². The van der Waals surface area contributed by atoms with Crippen LogP contribution in [0.2, 0.25) is 0 Å². The molecule has 8 heteroatoms. The lowest BCUT2D eigenvalue weighted by molar-refractivity contribution is -0.146. The zero-order chi connectivity index (χ0) is 20.5. The van der Waals surface area contributed by atoms with Gasteiger partial charge in [-0.1, -0.05) is 0 Å². The highest BCUT2D eigenvalue weighted by atomic mass is 16.5. The molecule has 0 aromatic carbocycles. The Morgan fingerprint density at radius 3 is 2.54 bits per heavy atom. The first-order valence-corrected chi connectivity index (χ1v) is 9.78. The fourth-order valence-electron chi connectivity index (χ4n) is 2.99. The summed E-state index contributed by atoms with van der Waals surface area (Å²) in [4.78, 5) is 40.4.